The summed E-state index contributed by atoms with van der Waals surface area (Å²) in [6.45, 7) is 4.10. The van der Waals surface area contributed by atoms with Crippen LogP contribution in [0.4, 0.5) is 8.78 Å². The van der Waals surface area contributed by atoms with E-state index in [-0.39, 0.29) is 24.6 Å². The van der Waals surface area contributed by atoms with E-state index in [2.05, 4.69) is 10.1 Å². The number of alkyl halides is 2. The van der Waals surface area contributed by atoms with Gasteiger partial charge in [-0.05, 0) is 18.9 Å². The maximum absolute atomic E-state index is 13.0. The lowest BCUT2D eigenvalue weighted by Gasteiger charge is -2.23. The van der Waals surface area contributed by atoms with E-state index in [1.54, 1.807) is 0 Å². The van der Waals surface area contributed by atoms with Gasteiger partial charge in [0.25, 0.3) is 0 Å². The highest BCUT2D eigenvalue weighted by Gasteiger charge is 2.39. The number of rotatable bonds is 6. The third-order valence-corrected chi connectivity index (χ3v) is 3.28. The molecule has 1 rings (SSSR count). The molecule has 0 aromatic heterocycles. The molecule has 4 nitrogen and oxygen atoms in total. The van der Waals surface area contributed by atoms with Crippen molar-refractivity contribution in [1.29, 1.82) is 0 Å². The maximum atomic E-state index is 13.0. The molecule has 0 amide bonds. The molecule has 17 heavy (non-hydrogen) atoms. The zero-order chi connectivity index (χ0) is 12.9. The maximum Gasteiger partial charge on any atom is 0.248 e. The van der Waals surface area contributed by atoms with Gasteiger partial charge in [-0.1, -0.05) is 12.1 Å². The van der Waals surface area contributed by atoms with Crippen LogP contribution in [0.5, 0.6) is 0 Å². The molecule has 1 atom stereocenters. The normalized spacial score (nSPS) is 24.5. The molecule has 1 aliphatic rings. The van der Waals surface area contributed by atoms with Crippen molar-refractivity contribution in [2.24, 2.45) is 16.8 Å². The van der Waals surface area contributed by atoms with Gasteiger partial charge in [0, 0.05) is 32.4 Å². The number of oxime groups is 1. The Hall–Kier alpha value is -0.910. The Kier molecular flexibility index (Phi) is 5.11. The van der Waals surface area contributed by atoms with Crippen molar-refractivity contribution < 1.29 is 14.0 Å². The Morgan fingerprint density at radius 1 is 1.59 bits per heavy atom. The summed E-state index contributed by atoms with van der Waals surface area (Å²) in [5.41, 5.74) is 5.38. The molecule has 0 saturated heterocycles. The fraction of sp³-hybridized carbons (Fsp3) is 0.909. The Labute approximate surface area is 100 Å². The molecule has 1 fully saturated rings. The first-order valence-corrected chi connectivity index (χ1v) is 6.03. The molecule has 1 unspecified atom stereocenters. The number of hydrogen-bond donors (Lipinski definition) is 2. The number of amidine groups is 1. The summed E-state index contributed by atoms with van der Waals surface area (Å²) in [5, 5.41) is 11.3. The van der Waals surface area contributed by atoms with Crippen LogP contribution >= 0.6 is 0 Å². The van der Waals surface area contributed by atoms with Crippen molar-refractivity contribution in [3.8, 4) is 0 Å². The molecule has 0 aromatic carbocycles. The van der Waals surface area contributed by atoms with Crippen molar-refractivity contribution in [2.45, 2.75) is 38.5 Å². The molecule has 0 aliphatic heterocycles. The van der Waals surface area contributed by atoms with Crippen molar-refractivity contribution in [3.05, 3.63) is 0 Å². The van der Waals surface area contributed by atoms with E-state index in [9.17, 15) is 8.78 Å². The monoisotopic (exact) mass is 249 g/mol. The van der Waals surface area contributed by atoms with Crippen LogP contribution in [0, 0.1) is 5.92 Å². The summed E-state index contributed by atoms with van der Waals surface area (Å²) in [4.78, 5) is 2.07. The van der Waals surface area contributed by atoms with Gasteiger partial charge in [-0.25, -0.2) is 8.78 Å². The number of nitrogens with two attached hydrogens (primary N) is 1. The zero-order valence-corrected chi connectivity index (χ0v) is 10.2. The van der Waals surface area contributed by atoms with Crippen molar-refractivity contribution in [1.82, 2.24) is 4.90 Å². The standard InChI is InChI=1S/C11H21F2N3O/c1-2-16(6-4-10(14)15-17)8-9-3-5-11(12,13)7-9/h9,17H,2-8H2,1H3,(H2,14,15). The fourth-order valence-corrected chi connectivity index (χ4v) is 2.26. The van der Waals surface area contributed by atoms with Crippen molar-refractivity contribution >= 4 is 5.84 Å². The Morgan fingerprint density at radius 2 is 2.29 bits per heavy atom. The second kappa shape index (κ2) is 6.14. The minimum Gasteiger partial charge on any atom is -0.409 e. The fourth-order valence-electron chi connectivity index (χ4n) is 2.26. The van der Waals surface area contributed by atoms with E-state index in [1.165, 1.54) is 0 Å². The minimum atomic E-state index is -2.48. The largest absolute Gasteiger partial charge is 0.409 e. The van der Waals surface area contributed by atoms with Crippen LogP contribution in [-0.2, 0) is 0 Å². The van der Waals surface area contributed by atoms with Crippen LogP contribution in [-0.4, -0.2) is 41.5 Å². The lowest BCUT2D eigenvalue weighted by atomic mass is 10.1. The Balaban J connectivity index is 2.32. The quantitative estimate of drug-likeness (QED) is 0.327. The van der Waals surface area contributed by atoms with Crippen LogP contribution in [0.15, 0.2) is 5.16 Å². The highest BCUT2D eigenvalue weighted by molar-refractivity contribution is 5.79. The van der Waals surface area contributed by atoms with Gasteiger partial charge >= 0.3 is 0 Å². The molecule has 1 saturated carbocycles. The van der Waals surface area contributed by atoms with E-state index in [4.69, 9.17) is 10.9 Å². The summed E-state index contributed by atoms with van der Waals surface area (Å²) >= 11 is 0. The van der Waals surface area contributed by atoms with Crippen LogP contribution in [0.25, 0.3) is 0 Å². The second-order valence-corrected chi connectivity index (χ2v) is 4.70. The lowest BCUT2D eigenvalue weighted by molar-refractivity contribution is 0.00354. The molecule has 0 heterocycles. The van der Waals surface area contributed by atoms with Crippen LogP contribution in [0.3, 0.4) is 0 Å². The SMILES string of the molecule is CCN(CCC(N)=NO)CC1CCC(F)(F)C1. The second-order valence-electron chi connectivity index (χ2n) is 4.70. The summed E-state index contributed by atoms with van der Waals surface area (Å²) in [7, 11) is 0. The summed E-state index contributed by atoms with van der Waals surface area (Å²) in [6, 6.07) is 0. The van der Waals surface area contributed by atoms with Gasteiger partial charge in [0.2, 0.25) is 5.92 Å². The number of halogens is 2. The molecule has 0 spiro atoms. The predicted molar refractivity (Wildman–Crippen MR) is 62.4 cm³/mol. The average molecular weight is 249 g/mol. The Morgan fingerprint density at radius 3 is 2.76 bits per heavy atom. The summed E-state index contributed by atoms with van der Waals surface area (Å²) in [5.74, 6) is -2.23. The molecule has 0 aromatic rings. The molecule has 6 heteroatoms. The molecule has 1 aliphatic carbocycles. The Bertz CT molecular complexity index is 271. The van der Waals surface area contributed by atoms with E-state index < -0.39 is 5.92 Å². The van der Waals surface area contributed by atoms with E-state index in [0.29, 0.717) is 25.9 Å². The van der Waals surface area contributed by atoms with E-state index in [0.717, 1.165) is 6.54 Å². The van der Waals surface area contributed by atoms with Crippen LogP contribution in [0.1, 0.15) is 32.6 Å². The minimum absolute atomic E-state index is 0.00687. The highest BCUT2D eigenvalue weighted by Crippen LogP contribution is 2.39. The van der Waals surface area contributed by atoms with Crippen molar-refractivity contribution in [3.63, 3.8) is 0 Å². The number of nitrogens with zero attached hydrogens (tertiary/aromatic N) is 2. The molecule has 100 valence electrons. The molecule has 0 radical (unpaired) electrons. The lowest BCUT2D eigenvalue weighted by Crippen LogP contribution is -2.32. The molecule has 0 bridgehead atoms. The van der Waals surface area contributed by atoms with E-state index >= 15 is 0 Å². The van der Waals surface area contributed by atoms with Gasteiger partial charge in [0.15, 0.2) is 0 Å². The van der Waals surface area contributed by atoms with Gasteiger partial charge in [0.05, 0.1) is 0 Å². The van der Waals surface area contributed by atoms with Crippen LogP contribution < -0.4 is 5.73 Å². The predicted octanol–water partition coefficient (Wildman–Crippen LogP) is 1.88. The third kappa shape index (κ3) is 4.85. The molecular formula is C11H21F2N3O. The van der Waals surface area contributed by atoms with Gasteiger partial charge in [0.1, 0.15) is 5.84 Å². The van der Waals surface area contributed by atoms with Gasteiger partial charge in [-0.2, -0.15) is 0 Å². The highest BCUT2D eigenvalue weighted by atomic mass is 19.3. The first kappa shape index (κ1) is 14.2. The molecule has 3 N–H and O–H groups in total. The van der Waals surface area contributed by atoms with Gasteiger partial charge in [-0.3, -0.25) is 0 Å². The smallest absolute Gasteiger partial charge is 0.248 e. The summed E-state index contributed by atoms with van der Waals surface area (Å²) in [6.07, 6.45) is 1.06. The number of hydrogen-bond acceptors (Lipinski definition) is 3. The van der Waals surface area contributed by atoms with Gasteiger partial charge < -0.3 is 15.8 Å². The third-order valence-electron chi connectivity index (χ3n) is 3.28. The first-order valence-electron chi connectivity index (χ1n) is 6.03. The van der Waals surface area contributed by atoms with Crippen molar-refractivity contribution in [2.75, 3.05) is 19.6 Å². The van der Waals surface area contributed by atoms with Crippen LogP contribution in [0.2, 0.25) is 0 Å². The zero-order valence-electron chi connectivity index (χ0n) is 10.2. The van der Waals surface area contributed by atoms with Gasteiger partial charge in [-0.15, -0.1) is 0 Å². The summed E-state index contributed by atoms with van der Waals surface area (Å²) < 4.78 is 26.1. The van der Waals surface area contributed by atoms with E-state index in [1.807, 2.05) is 6.92 Å². The average Bonchev–Trinajstić information content (AvgIpc) is 2.63. The topological polar surface area (TPSA) is 61.8 Å². The first-order chi connectivity index (χ1) is 7.96. The molecular weight excluding hydrogens is 228 g/mol.